The Balaban J connectivity index is 2.03. The Kier molecular flexibility index (Phi) is 4.92. The van der Waals surface area contributed by atoms with E-state index in [0.29, 0.717) is 31.5 Å². The number of nitrogens with zero attached hydrogens (tertiary/aromatic N) is 2. The van der Waals surface area contributed by atoms with Crippen LogP contribution in [0.4, 0.5) is 4.79 Å². The molecule has 1 aromatic heterocycles. The number of nitriles is 1. The van der Waals surface area contributed by atoms with Crippen LogP contribution in [0.25, 0.3) is 0 Å². The fourth-order valence-corrected chi connectivity index (χ4v) is 2.44. The van der Waals surface area contributed by atoms with Crippen molar-refractivity contribution >= 4 is 28.4 Å². The molecule has 21 heavy (non-hydrogen) atoms. The first-order valence-electron chi connectivity index (χ1n) is 6.55. The summed E-state index contributed by atoms with van der Waals surface area (Å²) >= 11 is 0. The molecule has 8 heteroatoms. The van der Waals surface area contributed by atoms with Crippen molar-refractivity contribution in [1.29, 1.82) is 5.26 Å². The van der Waals surface area contributed by atoms with Crippen LogP contribution in [-0.2, 0) is 4.52 Å². The summed E-state index contributed by atoms with van der Waals surface area (Å²) in [5.41, 5.74) is -0.427. The van der Waals surface area contributed by atoms with Crippen LogP contribution in [0, 0.1) is 11.3 Å². The molecule has 1 aromatic rings. The van der Waals surface area contributed by atoms with Gasteiger partial charge in [-0.1, -0.05) is 0 Å². The first-order valence-corrected chi connectivity index (χ1v) is 7.02. The summed E-state index contributed by atoms with van der Waals surface area (Å²) in [7, 11) is 1.91. The maximum atomic E-state index is 12.2. The van der Waals surface area contributed by atoms with Crippen molar-refractivity contribution in [3.05, 3.63) is 29.6 Å². The average Bonchev–Trinajstić information content (AvgIpc) is 2.55. The fraction of sp³-hybridized carbons (Fsp3) is 0.385. The van der Waals surface area contributed by atoms with Crippen molar-refractivity contribution in [3.63, 3.8) is 0 Å². The molecule has 1 fully saturated rings. The van der Waals surface area contributed by atoms with Crippen molar-refractivity contribution in [2.24, 2.45) is 0 Å². The van der Waals surface area contributed by atoms with E-state index < -0.39 is 11.6 Å². The van der Waals surface area contributed by atoms with Gasteiger partial charge in [-0.2, -0.15) is 0 Å². The van der Waals surface area contributed by atoms with E-state index in [0.717, 1.165) is 0 Å². The maximum absolute atomic E-state index is 12.2. The first kappa shape index (κ1) is 15.5. The number of hydrogen-bond donors (Lipinski definition) is 1. The van der Waals surface area contributed by atoms with Gasteiger partial charge in [0.15, 0.2) is 0 Å². The van der Waals surface area contributed by atoms with E-state index in [1.165, 1.54) is 4.90 Å². The molecule has 1 atom stereocenters. The molecule has 0 spiro atoms. The van der Waals surface area contributed by atoms with Crippen LogP contribution in [0.1, 0.15) is 23.2 Å². The number of hydrogen-bond acceptors (Lipinski definition) is 4. The molecule has 2 rings (SSSR count). The number of likely N-dealkylation sites (tertiary alicyclic amines) is 1. The molecule has 1 N–H and O–H groups in total. The normalized spacial score (nSPS) is 16.5. The summed E-state index contributed by atoms with van der Waals surface area (Å²) in [6.45, 7) is 2.51. The van der Waals surface area contributed by atoms with E-state index in [1.807, 2.05) is 15.4 Å². The molecule has 0 aliphatic carbocycles. The Morgan fingerprint density at radius 1 is 1.48 bits per heavy atom. The van der Waals surface area contributed by atoms with E-state index >= 15 is 0 Å². The third-order valence-electron chi connectivity index (χ3n) is 3.58. The second-order valence-corrected chi connectivity index (χ2v) is 5.12. The summed E-state index contributed by atoms with van der Waals surface area (Å²) < 4.78 is 4.58. The Hall–Kier alpha value is -1.93. The monoisotopic (exact) mass is 303 g/mol. The SMILES string of the molecule is N#CC1(NC(=O)c2cbccc2)CCN(C(=O)OP)CC1. The number of amides is 2. The first-order chi connectivity index (χ1) is 10.1. The topological polar surface area (TPSA) is 82.4 Å². The van der Waals surface area contributed by atoms with Gasteiger partial charge in [0.25, 0.3) is 0 Å². The molecule has 0 aromatic carbocycles. The zero-order chi connectivity index (χ0) is 15.3. The Bertz CT molecular complexity index is 568. The number of carbonyl (C=O) groups excluding carboxylic acids is 2. The molecule has 1 aliphatic heterocycles. The van der Waals surface area contributed by atoms with Gasteiger partial charge in [0, 0.05) is 0 Å². The second kappa shape index (κ2) is 6.69. The van der Waals surface area contributed by atoms with E-state index in [9.17, 15) is 14.9 Å². The van der Waals surface area contributed by atoms with Crippen molar-refractivity contribution in [1.82, 2.24) is 10.2 Å². The van der Waals surface area contributed by atoms with Crippen molar-refractivity contribution in [2.45, 2.75) is 18.4 Å². The van der Waals surface area contributed by atoms with Gasteiger partial charge in [-0.25, -0.2) is 0 Å². The zero-order valence-corrected chi connectivity index (χ0v) is 12.6. The van der Waals surface area contributed by atoms with Crippen LogP contribution in [0.5, 0.6) is 0 Å². The Labute approximate surface area is 126 Å². The van der Waals surface area contributed by atoms with Crippen LogP contribution in [-0.4, -0.2) is 42.4 Å². The minimum absolute atomic E-state index is 0.278. The Morgan fingerprint density at radius 2 is 2.19 bits per heavy atom. The van der Waals surface area contributed by atoms with E-state index in [4.69, 9.17) is 0 Å². The minimum atomic E-state index is -0.940. The zero-order valence-electron chi connectivity index (χ0n) is 11.4. The molecule has 1 unspecified atom stereocenters. The van der Waals surface area contributed by atoms with Crippen molar-refractivity contribution < 1.29 is 14.1 Å². The second-order valence-electron chi connectivity index (χ2n) is 4.88. The number of piperidine rings is 1. The van der Waals surface area contributed by atoms with Gasteiger partial charge in [0.2, 0.25) is 0 Å². The van der Waals surface area contributed by atoms with E-state index in [-0.39, 0.29) is 5.91 Å². The summed E-state index contributed by atoms with van der Waals surface area (Å²) in [6.07, 6.45) is 0.310. The molecule has 2 amide bonds. The van der Waals surface area contributed by atoms with Gasteiger partial charge in [-0.15, -0.1) is 0 Å². The number of rotatable bonds is 2. The predicted octanol–water partition coefficient (Wildman–Crippen LogP) is 1.04. The van der Waals surface area contributed by atoms with Crippen LogP contribution in [0.15, 0.2) is 24.1 Å². The van der Waals surface area contributed by atoms with Crippen LogP contribution in [0.2, 0.25) is 0 Å². The molecular weight excluding hydrogens is 288 g/mol. The molecule has 0 bridgehead atoms. The van der Waals surface area contributed by atoms with Gasteiger partial charge >= 0.3 is 125 Å². The Morgan fingerprint density at radius 3 is 2.71 bits per heavy atom. The van der Waals surface area contributed by atoms with Crippen LogP contribution < -0.4 is 5.32 Å². The third-order valence-corrected chi connectivity index (χ3v) is 3.78. The molecular formula is C13H15BN3O3P. The van der Waals surface area contributed by atoms with Crippen LogP contribution >= 0.6 is 9.47 Å². The van der Waals surface area contributed by atoms with E-state index in [1.54, 1.807) is 25.0 Å². The standard InChI is InChI=1S/C13H15BN3O3P/c15-9-13(3-6-17(7-4-13)12(19)20-21)16-11(18)10-2-1-5-14-8-10/h1-2,5,8H,3-4,6-7,21H2,(H,16,18). The molecule has 1 aliphatic rings. The van der Waals surface area contributed by atoms with Gasteiger partial charge < -0.3 is 0 Å². The van der Waals surface area contributed by atoms with Crippen molar-refractivity contribution in [2.75, 3.05) is 13.1 Å². The van der Waals surface area contributed by atoms with E-state index in [2.05, 4.69) is 15.9 Å². The molecule has 6 nitrogen and oxygen atoms in total. The summed E-state index contributed by atoms with van der Waals surface area (Å²) in [5.74, 6) is 3.24. The van der Waals surface area contributed by atoms with Gasteiger partial charge in [-0.05, 0) is 0 Å². The molecule has 1 saturated heterocycles. The molecule has 0 saturated carbocycles. The van der Waals surface area contributed by atoms with Gasteiger partial charge in [-0.3, -0.25) is 0 Å². The van der Waals surface area contributed by atoms with Crippen molar-refractivity contribution in [3.8, 4) is 6.07 Å². The summed E-state index contributed by atoms with van der Waals surface area (Å²) in [4.78, 5) is 25.1. The average molecular weight is 303 g/mol. The molecule has 2 heterocycles. The van der Waals surface area contributed by atoms with Crippen LogP contribution in [0.3, 0.4) is 0 Å². The van der Waals surface area contributed by atoms with Gasteiger partial charge in [0.05, 0.1) is 0 Å². The quantitative estimate of drug-likeness (QED) is 0.828. The molecule has 0 radical (unpaired) electrons. The third kappa shape index (κ3) is 3.59. The fourth-order valence-electron chi connectivity index (χ4n) is 2.29. The summed E-state index contributed by atoms with van der Waals surface area (Å²) in [6, 6.07) is 5.64. The number of carbonyl (C=O) groups is 2. The molecule has 108 valence electrons. The predicted molar refractivity (Wildman–Crippen MR) is 80.6 cm³/mol. The number of nitrogens with one attached hydrogen (secondary N) is 1. The van der Waals surface area contributed by atoms with Gasteiger partial charge in [0.1, 0.15) is 0 Å². The summed E-state index contributed by atoms with van der Waals surface area (Å²) in [5, 5.41) is 12.2.